The number of anilines is 1. The maximum Gasteiger partial charge on any atom is 0.0708 e. The number of hydrogen-bond acceptors (Lipinski definition) is 4. The molecule has 0 spiro atoms. The van der Waals surface area contributed by atoms with Crippen LogP contribution in [0.25, 0.3) is 10.9 Å². The zero-order valence-corrected chi connectivity index (χ0v) is 26.0. The van der Waals surface area contributed by atoms with E-state index in [4.69, 9.17) is 10.4 Å². The summed E-state index contributed by atoms with van der Waals surface area (Å²) in [5.74, 6) is 0. The van der Waals surface area contributed by atoms with Crippen LogP contribution in [0.5, 0.6) is 0 Å². The van der Waals surface area contributed by atoms with Gasteiger partial charge in [-0.05, 0) is 116 Å². The third-order valence-corrected chi connectivity index (χ3v) is 8.44. The molecule has 4 aromatic rings. The Balaban J connectivity index is 1.83. The normalized spacial score (nSPS) is 13.6. The van der Waals surface area contributed by atoms with E-state index in [2.05, 4.69) is 112 Å². The molecule has 216 valence electrons. The molecule has 3 aromatic carbocycles. The molecule has 2 N–H and O–H groups in total. The standard InChI is InChI=1S/C38H44N4/c1-7-11-36-34(24-30-14-19-33(20-15-30)41-23-10-22-39)28(5)35-25-32(18-21-37(35)42-36)38(6,27(4)26-40-9-3)31-16-12-29(8-2)13-17-31/h9-10,12-23,25-26,39,41H,7-8,11,24H2,1-6H3/b23-10-,27-26+,39-22?,40-9-. The molecule has 4 heteroatoms. The fraction of sp³-hybridized carbons (Fsp3) is 0.289. The summed E-state index contributed by atoms with van der Waals surface area (Å²) in [5.41, 5.74) is 11.8. The predicted molar refractivity (Wildman–Crippen MR) is 181 cm³/mol. The van der Waals surface area contributed by atoms with Crippen molar-refractivity contribution in [2.45, 2.75) is 72.6 Å². The average molecular weight is 557 g/mol. The summed E-state index contributed by atoms with van der Waals surface area (Å²) in [6.07, 6.45) is 12.4. The number of aryl methyl sites for hydroxylation is 3. The molecule has 0 amide bonds. The molecule has 1 atom stereocenters. The second kappa shape index (κ2) is 14.0. The topological polar surface area (TPSA) is 61.1 Å². The van der Waals surface area contributed by atoms with Crippen molar-refractivity contribution in [1.29, 1.82) is 5.41 Å². The molecule has 0 bridgehead atoms. The van der Waals surface area contributed by atoms with Gasteiger partial charge in [0.05, 0.1) is 5.52 Å². The van der Waals surface area contributed by atoms with Crippen molar-refractivity contribution in [2.75, 3.05) is 5.32 Å². The Hall–Kier alpha value is -4.31. The van der Waals surface area contributed by atoms with Crippen LogP contribution in [0.1, 0.15) is 80.1 Å². The molecule has 1 aromatic heterocycles. The van der Waals surface area contributed by atoms with Gasteiger partial charge in [0.1, 0.15) is 0 Å². The molecular formula is C38H44N4. The van der Waals surface area contributed by atoms with Gasteiger partial charge in [0.2, 0.25) is 0 Å². The molecule has 42 heavy (non-hydrogen) atoms. The molecule has 0 saturated carbocycles. The van der Waals surface area contributed by atoms with Gasteiger partial charge < -0.3 is 10.7 Å². The average Bonchev–Trinajstić information content (AvgIpc) is 3.02. The lowest BCUT2D eigenvalue weighted by Gasteiger charge is -2.33. The number of rotatable bonds is 12. The van der Waals surface area contributed by atoms with E-state index < -0.39 is 0 Å². The Morgan fingerprint density at radius 3 is 2.31 bits per heavy atom. The summed E-state index contributed by atoms with van der Waals surface area (Å²) >= 11 is 0. The highest BCUT2D eigenvalue weighted by Gasteiger charge is 2.31. The minimum atomic E-state index is -0.337. The van der Waals surface area contributed by atoms with Crippen LogP contribution >= 0.6 is 0 Å². The van der Waals surface area contributed by atoms with Crippen LogP contribution in [0.4, 0.5) is 5.69 Å². The molecule has 0 aliphatic heterocycles. The lowest BCUT2D eigenvalue weighted by molar-refractivity contribution is 0.672. The van der Waals surface area contributed by atoms with Crippen molar-refractivity contribution in [3.63, 3.8) is 0 Å². The highest BCUT2D eigenvalue weighted by molar-refractivity contribution is 5.85. The van der Waals surface area contributed by atoms with Crippen molar-refractivity contribution in [2.24, 2.45) is 4.99 Å². The molecule has 1 heterocycles. The van der Waals surface area contributed by atoms with Crippen LogP contribution in [0.3, 0.4) is 0 Å². The summed E-state index contributed by atoms with van der Waals surface area (Å²) < 4.78 is 0. The van der Waals surface area contributed by atoms with Gasteiger partial charge in [0.15, 0.2) is 0 Å². The first-order valence-electron chi connectivity index (χ1n) is 15.0. The zero-order valence-electron chi connectivity index (χ0n) is 26.0. The summed E-state index contributed by atoms with van der Waals surface area (Å²) in [7, 11) is 0. The number of fused-ring (bicyclic) bond motifs is 1. The lowest BCUT2D eigenvalue weighted by atomic mass is 9.71. The van der Waals surface area contributed by atoms with E-state index in [1.807, 2.05) is 19.3 Å². The van der Waals surface area contributed by atoms with E-state index in [1.54, 1.807) is 12.3 Å². The number of nitrogens with zero attached hydrogens (tertiary/aromatic N) is 2. The van der Waals surface area contributed by atoms with Crippen LogP contribution in [-0.4, -0.2) is 17.4 Å². The van der Waals surface area contributed by atoms with E-state index in [0.29, 0.717) is 0 Å². The lowest BCUT2D eigenvalue weighted by Crippen LogP contribution is -2.25. The van der Waals surface area contributed by atoms with Crippen LogP contribution in [0.15, 0.2) is 95.8 Å². The number of allylic oxidation sites excluding steroid dienone is 2. The van der Waals surface area contributed by atoms with Gasteiger partial charge in [-0.25, -0.2) is 0 Å². The Morgan fingerprint density at radius 1 is 0.976 bits per heavy atom. The second-order valence-corrected chi connectivity index (χ2v) is 11.1. The summed E-state index contributed by atoms with van der Waals surface area (Å²) in [4.78, 5) is 9.73. The molecule has 1 unspecified atom stereocenters. The van der Waals surface area contributed by atoms with Crippen LogP contribution < -0.4 is 5.32 Å². The smallest absolute Gasteiger partial charge is 0.0708 e. The number of pyridine rings is 1. The fourth-order valence-electron chi connectivity index (χ4n) is 5.64. The number of benzene rings is 3. The van der Waals surface area contributed by atoms with Crippen LogP contribution in [0, 0.1) is 12.3 Å². The maximum absolute atomic E-state index is 7.15. The molecular weight excluding hydrogens is 512 g/mol. The van der Waals surface area contributed by atoms with Gasteiger partial charge in [-0.15, -0.1) is 0 Å². The van der Waals surface area contributed by atoms with E-state index >= 15 is 0 Å². The van der Waals surface area contributed by atoms with Gasteiger partial charge in [-0.2, -0.15) is 0 Å². The third kappa shape index (κ3) is 6.60. The molecule has 4 rings (SSSR count). The molecule has 0 saturated heterocycles. The second-order valence-electron chi connectivity index (χ2n) is 11.1. The van der Waals surface area contributed by atoms with E-state index in [9.17, 15) is 0 Å². The van der Waals surface area contributed by atoms with E-state index in [0.717, 1.165) is 36.9 Å². The van der Waals surface area contributed by atoms with Crippen molar-refractivity contribution in [1.82, 2.24) is 4.98 Å². The highest BCUT2D eigenvalue weighted by Crippen LogP contribution is 2.41. The number of nitrogens with one attached hydrogen (secondary N) is 2. The molecule has 0 aliphatic carbocycles. The number of aliphatic imine (C=N–C) groups is 1. The minimum absolute atomic E-state index is 0.337. The molecule has 0 fully saturated rings. The van der Waals surface area contributed by atoms with Crippen molar-refractivity contribution in [3.8, 4) is 0 Å². The third-order valence-electron chi connectivity index (χ3n) is 8.44. The highest BCUT2D eigenvalue weighted by atomic mass is 14.8. The molecule has 4 nitrogen and oxygen atoms in total. The minimum Gasteiger partial charge on any atom is -0.362 e. The summed E-state index contributed by atoms with van der Waals surface area (Å²) in [6.45, 7) is 13.1. The maximum atomic E-state index is 7.15. The quantitative estimate of drug-likeness (QED) is 0.171. The predicted octanol–water partition coefficient (Wildman–Crippen LogP) is 9.52. The molecule has 0 aliphatic rings. The van der Waals surface area contributed by atoms with Crippen molar-refractivity contribution < 1.29 is 0 Å². The largest absolute Gasteiger partial charge is 0.362 e. The Bertz CT molecular complexity index is 1610. The first-order chi connectivity index (χ1) is 20.3. The Kier molecular flexibility index (Phi) is 10.2. The monoisotopic (exact) mass is 556 g/mol. The van der Waals surface area contributed by atoms with Crippen LogP contribution in [0.2, 0.25) is 0 Å². The van der Waals surface area contributed by atoms with Gasteiger partial charge in [-0.1, -0.05) is 62.7 Å². The van der Waals surface area contributed by atoms with Gasteiger partial charge >= 0.3 is 0 Å². The number of aromatic nitrogens is 1. The first kappa shape index (κ1) is 30.6. The summed E-state index contributed by atoms with van der Waals surface area (Å²) in [6, 6.07) is 24.4. The molecule has 0 radical (unpaired) electrons. The summed E-state index contributed by atoms with van der Waals surface area (Å²) in [5, 5.41) is 11.6. The number of hydrogen-bond donors (Lipinski definition) is 2. The fourth-order valence-corrected chi connectivity index (χ4v) is 5.64. The first-order valence-corrected chi connectivity index (χ1v) is 15.0. The van der Waals surface area contributed by atoms with E-state index in [-0.39, 0.29) is 5.41 Å². The van der Waals surface area contributed by atoms with Crippen molar-refractivity contribution in [3.05, 3.63) is 130 Å². The zero-order chi connectivity index (χ0) is 30.1. The SMILES string of the molecule is C/C=N\C=C(/C)C(C)(c1ccc(CC)cc1)c1ccc2nc(CCC)c(Cc3ccc(N/C=C\C=N)cc3)c(C)c2c1. The van der Waals surface area contributed by atoms with Gasteiger partial charge in [0.25, 0.3) is 0 Å². The van der Waals surface area contributed by atoms with Gasteiger partial charge in [-0.3, -0.25) is 9.98 Å². The van der Waals surface area contributed by atoms with E-state index in [1.165, 1.54) is 56.2 Å². The van der Waals surface area contributed by atoms with Crippen molar-refractivity contribution >= 4 is 29.0 Å². The Labute approximate surface area is 251 Å². The van der Waals surface area contributed by atoms with Gasteiger partial charge in [0, 0.05) is 47.0 Å². The van der Waals surface area contributed by atoms with Crippen LogP contribution in [-0.2, 0) is 24.7 Å². The Morgan fingerprint density at radius 2 is 1.67 bits per heavy atom.